The molecule has 1 aliphatic rings. The number of nitrogens with zero attached hydrogens (tertiary/aromatic N) is 4. The van der Waals surface area contributed by atoms with Gasteiger partial charge in [-0.05, 0) is 25.5 Å². The van der Waals surface area contributed by atoms with Crippen molar-refractivity contribution < 1.29 is 9.53 Å². The van der Waals surface area contributed by atoms with Gasteiger partial charge in [-0.2, -0.15) is 9.90 Å². The quantitative estimate of drug-likeness (QED) is 0.867. The number of carbonyl (C=O) groups is 1. The zero-order valence-corrected chi connectivity index (χ0v) is 12.9. The molecule has 1 unspecified atom stereocenters. The van der Waals surface area contributed by atoms with Crippen LogP contribution < -0.4 is 0 Å². The highest BCUT2D eigenvalue weighted by molar-refractivity contribution is 5.93. The SMILES string of the molecule is CCC1CN(C(=O)c2nn(-c3ccccc3)nc2C)CCO1. The van der Waals surface area contributed by atoms with Crippen LogP contribution in [0.1, 0.15) is 29.5 Å². The lowest BCUT2D eigenvalue weighted by atomic mass is 10.2. The normalized spacial score (nSPS) is 18.5. The van der Waals surface area contributed by atoms with Crippen LogP contribution in [0.25, 0.3) is 5.69 Å². The van der Waals surface area contributed by atoms with Gasteiger partial charge in [0.15, 0.2) is 5.69 Å². The largest absolute Gasteiger partial charge is 0.375 e. The van der Waals surface area contributed by atoms with Crippen LogP contribution in [-0.4, -0.2) is 51.6 Å². The van der Waals surface area contributed by atoms with Crippen molar-refractivity contribution in [1.82, 2.24) is 19.9 Å². The average Bonchev–Trinajstić information content (AvgIpc) is 2.97. The first-order valence-electron chi connectivity index (χ1n) is 7.59. The third-order valence-electron chi connectivity index (χ3n) is 3.85. The molecule has 6 nitrogen and oxygen atoms in total. The molecule has 22 heavy (non-hydrogen) atoms. The van der Waals surface area contributed by atoms with Gasteiger partial charge in [0.25, 0.3) is 5.91 Å². The molecule has 0 spiro atoms. The van der Waals surface area contributed by atoms with Crippen molar-refractivity contribution in [3.05, 3.63) is 41.7 Å². The van der Waals surface area contributed by atoms with Crippen molar-refractivity contribution in [2.24, 2.45) is 0 Å². The van der Waals surface area contributed by atoms with E-state index in [2.05, 4.69) is 17.1 Å². The molecule has 2 heterocycles. The Morgan fingerprint density at radius 3 is 2.82 bits per heavy atom. The highest BCUT2D eigenvalue weighted by atomic mass is 16.5. The average molecular weight is 300 g/mol. The topological polar surface area (TPSA) is 60.2 Å². The lowest BCUT2D eigenvalue weighted by Gasteiger charge is -2.32. The molecule has 6 heteroatoms. The van der Waals surface area contributed by atoms with Crippen LogP contribution in [0, 0.1) is 6.92 Å². The molecule has 1 atom stereocenters. The number of amides is 1. The third-order valence-corrected chi connectivity index (χ3v) is 3.85. The van der Waals surface area contributed by atoms with Gasteiger partial charge in [-0.15, -0.1) is 5.10 Å². The molecule has 1 amide bonds. The number of morpholine rings is 1. The Balaban J connectivity index is 1.83. The Morgan fingerprint density at radius 1 is 1.32 bits per heavy atom. The molecule has 0 bridgehead atoms. The van der Waals surface area contributed by atoms with E-state index >= 15 is 0 Å². The molecule has 1 fully saturated rings. The number of hydrogen-bond donors (Lipinski definition) is 0. The van der Waals surface area contributed by atoms with E-state index in [-0.39, 0.29) is 12.0 Å². The predicted molar refractivity (Wildman–Crippen MR) is 82.0 cm³/mol. The zero-order chi connectivity index (χ0) is 15.5. The molecule has 0 saturated carbocycles. The van der Waals surface area contributed by atoms with Crippen molar-refractivity contribution >= 4 is 5.91 Å². The molecule has 3 rings (SSSR count). The molecule has 1 aliphatic heterocycles. The summed E-state index contributed by atoms with van der Waals surface area (Å²) in [5, 5.41) is 8.74. The first-order chi connectivity index (χ1) is 10.7. The Bertz CT molecular complexity index is 653. The first kappa shape index (κ1) is 14.7. The van der Waals surface area contributed by atoms with Crippen LogP contribution in [0.4, 0.5) is 0 Å². The molecule has 0 aliphatic carbocycles. The van der Waals surface area contributed by atoms with Crippen molar-refractivity contribution in [1.29, 1.82) is 0 Å². The summed E-state index contributed by atoms with van der Waals surface area (Å²) < 4.78 is 5.61. The monoisotopic (exact) mass is 300 g/mol. The number of benzene rings is 1. The Hall–Kier alpha value is -2.21. The molecule has 116 valence electrons. The summed E-state index contributed by atoms with van der Waals surface area (Å²) in [5.41, 5.74) is 1.91. The molecule has 0 radical (unpaired) electrons. The second-order valence-electron chi connectivity index (χ2n) is 5.41. The van der Waals surface area contributed by atoms with Gasteiger partial charge in [0.05, 0.1) is 24.1 Å². The summed E-state index contributed by atoms with van der Waals surface area (Å²) in [6.45, 7) is 5.68. The zero-order valence-electron chi connectivity index (χ0n) is 12.9. The summed E-state index contributed by atoms with van der Waals surface area (Å²) in [4.78, 5) is 16.0. The summed E-state index contributed by atoms with van der Waals surface area (Å²) in [7, 11) is 0. The number of aryl methyl sites for hydroxylation is 1. The van der Waals surface area contributed by atoms with Crippen LogP contribution in [0.5, 0.6) is 0 Å². The molecule has 1 aromatic carbocycles. The van der Waals surface area contributed by atoms with Crippen molar-refractivity contribution in [2.45, 2.75) is 26.4 Å². The van der Waals surface area contributed by atoms with Gasteiger partial charge in [-0.25, -0.2) is 0 Å². The highest BCUT2D eigenvalue weighted by Crippen LogP contribution is 2.14. The van der Waals surface area contributed by atoms with Gasteiger partial charge in [0, 0.05) is 13.1 Å². The van der Waals surface area contributed by atoms with E-state index in [1.54, 1.807) is 0 Å². The number of aromatic nitrogens is 3. The lowest BCUT2D eigenvalue weighted by Crippen LogP contribution is -2.45. The van der Waals surface area contributed by atoms with Crippen LogP contribution in [0.2, 0.25) is 0 Å². The number of carbonyl (C=O) groups excluding carboxylic acids is 1. The lowest BCUT2D eigenvalue weighted by molar-refractivity contribution is -0.0228. The fourth-order valence-corrected chi connectivity index (χ4v) is 2.55. The maximum absolute atomic E-state index is 12.7. The van der Waals surface area contributed by atoms with E-state index < -0.39 is 0 Å². The maximum Gasteiger partial charge on any atom is 0.276 e. The summed E-state index contributed by atoms with van der Waals surface area (Å²) in [5.74, 6) is -0.0681. The van der Waals surface area contributed by atoms with Crippen molar-refractivity contribution in [2.75, 3.05) is 19.7 Å². The third kappa shape index (κ3) is 2.87. The van der Waals surface area contributed by atoms with E-state index in [1.165, 1.54) is 4.80 Å². The predicted octanol–water partition coefficient (Wildman–Crippen LogP) is 1.83. The van der Waals surface area contributed by atoms with Crippen LogP contribution in [-0.2, 0) is 4.74 Å². The van der Waals surface area contributed by atoms with E-state index in [0.29, 0.717) is 31.1 Å². The van der Waals surface area contributed by atoms with Crippen molar-refractivity contribution in [3.63, 3.8) is 0 Å². The van der Waals surface area contributed by atoms with Gasteiger partial charge in [-0.1, -0.05) is 25.1 Å². The fourth-order valence-electron chi connectivity index (χ4n) is 2.55. The summed E-state index contributed by atoms with van der Waals surface area (Å²) in [6.07, 6.45) is 1.02. The van der Waals surface area contributed by atoms with Gasteiger partial charge in [0.2, 0.25) is 0 Å². The van der Waals surface area contributed by atoms with E-state index in [4.69, 9.17) is 4.74 Å². The summed E-state index contributed by atoms with van der Waals surface area (Å²) in [6, 6.07) is 9.60. The molecule has 2 aromatic rings. The summed E-state index contributed by atoms with van der Waals surface area (Å²) >= 11 is 0. The minimum Gasteiger partial charge on any atom is -0.375 e. The number of para-hydroxylation sites is 1. The fraction of sp³-hybridized carbons (Fsp3) is 0.438. The Morgan fingerprint density at radius 2 is 2.09 bits per heavy atom. The van der Waals surface area contributed by atoms with E-state index in [1.807, 2.05) is 42.2 Å². The molecular weight excluding hydrogens is 280 g/mol. The second-order valence-corrected chi connectivity index (χ2v) is 5.41. The first-order valence-corrected chi connectivity index (χ1v) is 7.59. The van der Waals surface area contributed by atoms with Gasteiger partial charge < -0.3 is 9.64 Å². The van der Waals surface area contributed by atoms with Gasteiger partial charge in [0.1, 0.15) is 0 Å². The van der Waals surface area contributed by atoms with Crippen LogP contribution in [0.3, 0.4) is 0 Å². The molecular formula is C16H20N4O2. The number of hydrogen-bond acceptors (Lipinski definition) is 4. The highest BCUT2D eigenvalue weighted by Gasteiger charge is 2.27. The molecule has 1 aromatic heterocycles. The van der Waals surface area contributed by atoms with Crippen LogP contribution in [0.15, 0.2) is 30.3 Å². The van der Waals surface area contributed by atoms with Gasteiger partial charge >= 0.3 is 0 Å². The maximum atomic E-state index is 12.7. The second kappa shape index (κ2) is 6.27. The van der Waals surface area contributed by atoms with E-state index in [0.717, 1.165) is 12.1 Å². The Kier molecular flexibility index (Phi) is 4.20. The Labute approximate surface area is 129 Å². The smallest absolute Gasteiger partial charge is 0.276 e. The van der Waals surface area contributed by atoms with E-state index in [9.17, 15) is 4.79 Å². The van der Waals surface area contributed by atoms with Crippen molar-refractivity contribution in [3.8, 4) is 5.69 Å². The molecule has 0 N–H and O–H groups in total. The standard InChI is InChI=1S/C16H20N4O2/c1-3-14-11-19(9-10-22-14)16(21)15-12(2)17-20(18-15)13-7-5-4-6-8-13/h4-8,14H,3,9-11H2,1-2H3. The minimum atomic E-state index is -0.0681. The number of ether oxygens (including phenoxy) is 1. The molecule has 1 saturated heterocycles. The van der Waals surface area contributed by atoms with Crippen LogP contribution >= 0.6 is 0 Å². The van der Waals surface area contributed by atoms with Gasteiger partial charge in [-0.3, -0.25) is 4.79 Å². The minimum absolute atomic E-state index is 0.0681. The number of rotatable bonds is 3.